The largest absolute Gasteiger partial charge is 0.338 e. The van der Waals surface area contributed by atoms with Gasteiger partial charge in [-0.1, -0.05) is 6.92 Å². The molecule has 3 aromatic heterocycles. The van der Waals surface area contributed by atoms with Crippen LogP contribution >= 0.6 is 0 Å². The number of nitrogens with zero attached hydrogens (tertiary/aromatic N) is 4. The van der Waals surface area contributed by atoms with Crippen LogP contribution in [0.15, 0.2) is 53.7 Å². The van der Waals surface area contributed by atoms with E-state index in [0.717, 1.165) is 28.8 Å². The van der Waals surface area contributed by atoms with Gasteiger partial charge in [0.25, 0.3) is 5.56 Å². The number of amides is 2. The van der Waals surface area contributed by atoms with Crippen LogP contribution in [0, 0.1) is 0 Å². The third-order valence-electron chi connectivity index (χ3n) is 4.68. The Morgan fingerprint density at radius 1 is 1.17 bits per heavy atom. The lowest BCUT2D eigenvalue weighted by Gasteiger charge is -2.09. The van der Waals surface area contributed by atoms with Gasteiger partial charge in [-0.2, -0.15) is 5.10 Å². The number of aryl methyl sites for hydroxylation is 1. The van der Waals surface area contributed by atoms with Crippen LogP contribution in [0.25, 0.3) is 27.8 Å². The quantitative estimate of drug-likeness (QED) is 0.458. The summed E-state index contributed by atoms with van der Waals surface area (Å²) < 4.78 is 3.40. The maximum Gasteiger partial charge on any atom is 0.321 e. The van der Waals surface area contributed by atoms with Crippen LogP contribution in [-0.2, 0) is 6.54 Å². The van der Waals surface area contributed by atoms with Crippen molar-refractivity contribution in [1.29, 1.82) is 0 Å². The van der Waals surface area contributed by atoms with Gasteiger partial charge in [0, 0.05) is 37.7 Å². The Hall–Kier alpha value is -3.88. The van der Waals surface area contributed by atoms with Crippen molar-refractivity contribution < 1.29 is 4.79 Å². The maximum atomic E-state index is 12.4. The molecule has 0 aliphatic carbocycles. The molecule has 0 spiro atoms. The molecule has 3 N–H and O–H groups in total. The number of aromatic amines is 1. The molecule has 1 aromatic carbocycles. The number of anilines is 1. The highest BCUT2D eigenvalue weighted by molar-refractivity contribution is 5.94. The first-order valence-corrected chi connectivity index (χ1v) is 9.88. The first kappa shape index (κ1) is 19.4. The van der Waals surface area contributed by atoms with Gasteiger partial charge in [0.1, 0.15) is 5.52 Å². The van der Waals surface area contributed by atoms with Gasteiger partial charge in [0.05, 0.1) is 11.2 Å². The second-order valence-electron chi connectivity index (χ2n) is 6.86. The van der Waals surface area contributed by atoms with E-state index in [4.69, 9.17) is 0 Å². The van der Waals surface area contributed by atoms with Gasteiger partial charge in [-0.15, -0.1) is 0 Å². The van der Waals surface area contributed by atoms with Crippen molar-refractivity contribution in [2.45, 2.75) is 26.8 Å². The summed E-state index contributed by atoms with van der Waals surface area (Å²) in [6.45, 7) is 5.08. The number of fused-ring (bicyclic) bond motifs is 1. The van der Waals surface area contributed by atoms with E-state index in [2.05, 4.69) is 25.7 Å². The van der Waals surface area contributed by atoms with E-state index in [0.29, 0.717) is 24.6 Å². The lowest BCUT2D eigenvalue weighted by molar-refractivity contribution is 0.252. The van der Waals surface area contributed by atoms with Crippen LogP contribution in [0.4, 0.5) is 10.7 Å². The number of nitrogens with one attached hydrogen (secondary N) is 3. The van der Waals surface area contributed by atoms with Gasteiger partial charge in [0.15, 0.2) is 0 Å². The fourth-order valence-electron chi connectivity index (χ4n) is 3.34. The zero-order valence-corrected chi connectivity index (χ0v) is 16.8. The van der Waals surface area contributed by atoms with Crippen molar-refractivity contribution >= 4 is 23.0 Å². The SMILES string of the molecule is CCCn1ccc(-c2cc(-n3cccn3)c3nc(NC(=O)NCC)[nH]c3c2)cc1=O. The minimum absolute atomic E-state index is 0.0433. The summed E-state index contributed by atoms with van der Waals surface area (Å²) in [7, 11) is 0. The van der Waals surface area contributed by atoms with Crippen LogP contribution < -0.4 is 16.2 Å². The molecule has 0 radical (unpaired) electrons. The number of aromatic nitrogens is 5. The van der Waals surface area contributed by atoms with E-state index in [1.165, 1.54) is 0 Å². The van der Waals surface area contributed by atoms with Gasteiger partial charge < -0.3 is 14.9 Å². The molecule has 9 nitrogen and oxygen atoms in total. The van der Waals surface area contributed by atoms with Crippen molar-refractivity contribution in [3.63, 3.8) is 0 Å². The summed E-state index contributed by atoms with van der Waals surface area (Å²) in [5.41, 5.74) is 3.73. The highest BCUT2D eigenvalue weighted by Gasteiger charge is 2.14. The molecule has 154 valence electrons. The van der Waals surface area contributed by atoms with E-state index in [9.17, 15) is 9.59 Å². The molecular weight excluding hydrogens is 382 g/mol. The molecule has 4 rings (SSSR count). The van der Waals surface area contributed by atoms with E-state index in [1.54, 1.807) is 21.5 Å². The van der Waals surface area contributed by atoms with Crippen molar-refractivity contribution in [2.24, 2.45) is 0 Å². The number of H-pyrrole nitrogens is 1. The fourth-order valence-corrected chi connectivity index (χ4v) is 3.34. The van der Waals surface area contributed by atoms with Gasteiger partial charge >= 0.3 is 6.03 Å². The Morgan fingerprint density at radius 3 is 2.73 bits per heavy atom. The molecule has 0 fully saturated rings. The minimum atomic E-state index is -0.336. The number of hydrogen-bond acceptors (Lipinski definition) is 4. The third kappa shape index (κ3) is 3.82. The first-order chi connectivity index (χ1) is 14.6. The molecule has 0 saturated heterocycles. The Kier molecular flexibility index (Phi) is 5.34. The second kappa shape index (κ2) is 8.24. The molecule has 9 heteroatoms. The van der Waals surface area contributed by atoms with E-state index in [-0.39, 0.29) is 11.6 Å². The van der Waals surface area contributed by atoms with Crippen molar-refractivity contribution in [3.8, 4) is 16.8 Å². The zero-order valence-electron chi connectivity index (χ0n) is 16.8. The molecule has 30 heavy (non-hydrogen) atoms. The van der Waals surface area contributed by atoms with Crippen molar-refractivity contribution in [3.05, 3.63) is 59.3 Å². The Bertz CT molecular complexity index is 1240. The summed E-state index contributed by atoms with van der Waals surface area (Å²) in [5, 5.41) is 9.69. The number of pyridine rings is 1. The lowest BCUT2D eigenvalue weighted by Crippen LogP contribution is -2.28. The normalized spacial score (nSPS) is 11.0. The lowest BCUT2D eigenvalue weighted by atomic mass is 10.1. The average molecular weight is 405 g/mol. The third-order valence-corrected chi connectivity index (χ3v) is 4.68. The number of benzene rings is 1. The van der Waals surface area contributed by atoms with Crippen LogP contribution in [0.1, 0.15) is 20.3 Å². The van der Waals surface area contributed by atoms with Crippen LogP contribution in [0.5, 0.6) is 0 Å². The number of carbonyl (C=O) groups excluding carboxylic acids is 1. The van der Waals surface area contributed by atoms with Crippen molar-refractivity contribution in [2.75, 3.05) is 11.9 Å². The van der Waals surface area contributed by atoms with Crippen LogP contribution in [0.3, 0.4) is 0 Å². The van der Waals surface area contributed by atoms with Gasteiger partial charge in [-0.05, 0) is 48.7 Å². The average Bonchev–Trinajstić information content (AvgIpc) is 3.38. The number of hydrogen-bond donors (Lipinski definition) is 3. The second-order valence-corrected chi connectivity index (χ2v) is 6.86. The number of rotatable bonds is 6. The minimum Gasteiger partial charge on any atom is -0.338 e. The Morgan fingerprint density at radius 2 is 2.03 bits per heavy atom. The topological polar surface area (TPSA) is 110 Å². The molecule has 0 saturated carbocycles. The first-order valence-electron chi connectivity index (χ1n) is 9.88. The summed E-state index contributed by atoms with van der Waals surface area (Å²) in [6.07, 6.45) is 6.21. The van der Waals surface area contributed by atoms with Crippen molar-refractivity contribution in [1.82, 2.24) is 29.6 Å². The molecule has 0 aliphatic rings. The van der Waals surface area contributed by atoms with Crippen LogP contribution in [-0.4, -0.2) is 36.9 Å². The molecule has 0 atom stereocenters. The highest BCUT2D eigenvalue weighted by atomic mass is 16.2. The Balaban J connectivity index is 1.82. The molecular formula is C21H23N7O2. The number of imidazole rings is 1. The van der Waals surface area contributed by atoms with Gasteiger partial charge in [-0.25, -0.2) is 14.5 Å². The Labute approximate surface area is 172 Å². The van der Waals surface area contributed by atoms with E-state index >= 15 is 0 Å². The predicted octanol–water partition coefficient (Wildman–Crippen LogP) is 3.13. The van der Waals surface area contributed by atoms with E-state index < -0.39 is 0 Å². The smallest absolute Gasteiger partial charge is 0.321 e. The molecule has 0 bridgehead atoms. The molecule has 4 aromatic rings. The molecule has 0 aliphatic heterocycles. The van der Waals surface area contributed by atoms with Gasteiger partial charge in [0.2, 0.25) is 5.95 Å². The highest BCUT2D eigenvalue weighted by Crippen LogP contribution is 2.29. The monoisotopic (exact) mass is 405 g/mol. The van der Waals surface area contributed by atoms with Crippen LogP contribution in [0.2, 0.25) is 0 Å². The summed E-state index contributed by atoms with van der Waals surface area (Å²) >= 11 is 0. The fraction of sp³-hybridized carbons (Fsp3) is 0.238. The zero-order chi connectivity index (χ0) is 21.1. The maximum absolute atomic E-state index is 12.4. The summed E-state index contributed by atoms with van der Waals surface area (Å²) in [4.78, 5) is 32.0. The summed E-state index contributed by atoms with van der Waals surface area (Å²) in [6, 6.07) is 8.90. The number of urea groups is 1. The molecule has 3 heterocycles. The molecule has 2 amide bonds. The van der Waals surface area contributed by atoms with Gasteiger partial charge in [-0.3, -0.25) is 10.1 Å². The predicted molar refractivity (Wildman–Crippen MR) is 116 cm³/mol. The summed E-state index contributed by atoms with van der Waals surface area (Å²) in [5.74, 6) is 0.333. The molecule has 0 unspecified atom stereocenters. The van der Waals surface area contributed by atoms with E-state index in [1.807, 2.05) is 50.5 Å². The number of carbonyl (C=O) groups is 1. The standard InChI is InChI=1S/C21H23N7O2/c1-3-8-27-10-6-14(13-18(27)29)15-11-16-19(17(12-15)28-9-5-7-23-28)25-20(24-16)26-21(30)22-4-2/h5-7,9-13H,3-4,8H2,1-2H3,(H3,22,24,25,26,30).